The molecule has 1 aliphatic rings. The number of amides is 3. The van der Waals surface area contributed by atoms with Crippen LogP contribution in [-0.4, -0.2) is 72.7 Å². The third-order valence-electron chi connectivity index (χ3n) is 5.21. The van der Waals surface area contributed by atoms with Crippen molar-refractivity contribution in [2.75, 3.05) is 20.3 Å². The van der Waals surface area contributed by atoms with Crippen molar-refractivity contribution in [3.8, 4) is 12.3 Å². The molecule has 3 N–H and O–H groups in total. The zero-order valence-corrected chi connectivity index (χ0v) is 20.1. The maximum absolute atomic E-state index is 13.0. The molecule has 3 amide bonds. The monoisotopic (exact) mass is 476 g/mol. The minimum absolute atomic E-state index is 0.00449. The van der Waals surface area contributed by atoms with Crippen LogP contribution in [0.5, 0.6) is 0 Å². The molecule has 1 saturated heterocycles. The Kier molecular flexibility index (Phi) is 9.35. The van der Waals surface area contributed by atoms with Gasteiger partial charge in [-0.3, -0.25) is 19.2 Å². The molecule has 11 heteroatoms. The van der Waals surface area contributed by atoms with E-state index >= 15 is 0 Å². The van der Waals surface area contributed by atoms with Gasteiger partial charge in [-0.15, -0.1) is 12.3 Å². The Morgan fingerprint density at radius 2 is 1.79 bits per heavy atom. The molecule has 1 aliphatic heterocycles. The third-order valence-corrected chi connectivity index (χ3v) is 5.21. The van der Waals surface area contributed by atoms with E-state index in [1.807, 2.05) is 13.8 Å². The summed E-state index contributed by atoms with van der Waals surface area (Å²) in [5, 5.41) is 11.4. The van der Waals surface area contributed by atoms with Crippen LogP contribution in [0.4, 0.5) is 0 Å². The second-order valence-corrected chi connectivity index (χ2v) is 8.85. The van der Waals surface area contributed by atoms with E-state index in [1.165, 1.54) is 13.2 Å². The zero-order valence-electron chi connectivity index (χ0n) is 20.1. The van der Waals surface area contributed by atoms with E-state index in [-0.39, 0.29) is 30.4 Å². The molecule has 4 atom stereocenters. The summed E-state index contributed by atoms with van der Waals surface area (Å²) >= 11 is 0. The largest absolute Gasteiger partial charge is 0.382 e. The summed E-state index contributed by atoms with van der Waals surface area (Å²) in [4.78, 5) is 51.1. The number of carbonyl (C=O) groups excluding carboxylic acids is 4. The molecule has 0 aliphatic carbocycles. The van der Waals surface area contributed by atoms with Crippen LogP contribution in [0.2, 0.25) is 0 Å². The molecular formula is C23H32N4O7. The molecule has 2 rings (SSSR count). The standard InChI is InChI=1S/C23H32N4O7/c1-7-8-15(20(29)25-16(9-13(2)3)19(28)23(5)12-33-23)24-22(31)18(11-32-6)26-21(30)17-10-14(4)34-27-17/h1,10,13,15-16,18H,8-9,11-12H2,2-6H3,(H,24,31)(H,25,29)(H,26,30)/t15-,16?,18-,23+/m0/s1. The van der Waals surface area contributed by atoms with Gasteiger partial charge in [0, 0.05) is 19.6 Å². The zero-order chi connectivity index (χ0) is 25.5. The Morgan fingerprint density at radius 3 is 2.29 bits per heavy atom. The molecule has 0 radical (unpaired) electrons. The lowest BCUT2D eigenvalue weighted by atomic mass is 9.93. The van der Waals surface area contributed by atoms with Gasteiger partial charge in [0.25, 0.3) is 5.91 Å². The third kappa shape index (κ3) is 7.40. The summed E-state index contributed by atoms with van der Waals surface area (Å²) in [6, 6.07) is -1.63. The summed E-state index contributed by atoms with van der Waals surface area (Å²) in [6.45, 7) is 7.28. The van der Waals surface area contributed by atoms with Gasteiger partial charge < -0.3 is 29.9 Å². The van der Waals surface area contributed by atoms with Crippen LogP contribution in [0.25, 0.3) is 0 Å². The van der Waals surface area contributed by atoms with E-state index in [0.29, 0.717) is 18.8 Å². The van der Waals surface area contributed by atoms with Gasteiger partial charge in [0.05, 0.1) is 19.3 Å². The van der Waals surface area contributed by atoms with Crippen LogP contribution < -0.4 is 16.0 Å². The van der Waals surface area contributed by atoms with E-state index in [4.69, 9.17) is 20.4 Å². The van der Waals surface area contributed by atoms with Crippen molar-refractivity contribution >= 4 is 23.5 Å². The Hall–Kier alpha value is -3.23. The number of methoxy groups -OCH3 is 1. The number of nitrogens with zero attached hydrogens (tertiary/aromatic N) is 1. The number of aryl methyl sites for hydroxylation is 1. The lowest BCUT2D eigenvalue weighted by molar-refractivity contribution is -0.133. The number of hydrogen-bond acceptors (Lipinski definition) is 8. The molecule has 0 saturated carbocycles. The van der Waals surface area contributed by atoms with Gasteiger partial charge in [-0.25, -0.2) is 0 Å². The lowest BCUT2D eigenvalue weighted by Crippen LogP contribution is -2.57. The number of rotatable bonds is 13. The molecule has 1 unspecified atom stereocenters. The van der Waals surface area contributed by atoms with Crippen LogP contribution in [0.3, 0.4) is 0 Å². The van der Waals surface area contributed by atoms with Crippen LogP contribution in [0.1, 0.15) is 49.9 Å². The SMILES string of the molecule is C#CC[C@H](NC(=O)[C@H](COC)NC(=O)c1cc(C)on1)C(=O)NC(CC(C)C)C(=O)[C@@]1(C)CO1. The fourth-order valence-corrected chi connectivity index (χ4v) is 3.25. The maximum atomic E-state index is 13.0. The first kappa shape index (κ1) is 27.0. The van der Waals surface area contributed by atoms with Crippen molar-refractivity contribution in [3.63, 3.8) is 0 Å². The maximum Gasteiger partial charge on any atom is 0.274 e. The highest BCUT2D eigenvalue weighted by Gasteiger charge is 2.50. The van der Waals surface area contributed by atoms with Crippen LogP contribution in [-0.2, 0) is 23.9 Å². The van der Waals surface area contributed by atoms with Gasteiger partial charge in [-0.05, 0) is 26.2 Å². The number of ether oxygens (including phenoxy) is 2. The van der Waals surface area contributed by atoms with Crippen LogP contribution in [0, 0.1) is 25.2 Å². The normalized spacial score (nSPS) is 19.4. The highest BCUT2D eigenvalue weighted by atomic mass is 16.6. The number of epoxide rings is 1. The topological polar surface area (TPSA) is 152 Å². The summed E-state index contributed by atoms with van der Waals surface area (Å²) in [5.41, 5.74) is -0.916. The second kappa shape index (κ2) is 11.8. The minimum atomic E-state index is -1.13. The predicted octanol–water partition coefficient (Wildman–Crippen LogP) is 0.125. The van der Waals surface area contributed by atoms with E-state index in [1.54, 1.807) is 13.8 Å². The fourth-order valence-electron chi connectivity index (χ4n) is 3.25. The average molecular weight is 477 g/mol. The first-order valence-corrected chi connectivity index (χ1v) is 11.0. The quantitative estimate of drug-likeness (QED) is 0.268. The first-order chi connectivity index (χ1) is 16.0. The molecular weight excluding hydrogens is 444 g/mol. The van der Waals surface area contributed by atoms with E-state index in [9.17, 15) is 19.2 Å². The Bertz CT molecular complexity index is 945. The molecule has 0 aromatic carbocycles. The van der Waals surface area contributed by atoms with Crippen molar-refractivity contribution in [1.29, 1.82) is 0 Å². The lowest BCUT2D eigenvalue weighted by Gasteiger charge is -2.25. The van der Waals surface area contributed by atoms with Crippen molar-refractivity contribution < 1.29 is 33.2 Å². The van der Waals surface area contributed by atoms with E-state index in [0.717, 1.165) is 0 Å². The number of aromatic nitrogens is 1. The summed E-state index contributed by atoms with van der Waals surface area (Å²) in [5.74, 6) is 0.741. The van der Waals surface area contributed by atoms with Gasteiger partial charge in [-0.1, -0.05) is 19.0 Å². The van der Waals surface area contributed by atoms with Gasteiger partial charge in [0.2, 0.25) is 11.8 Å². The van der Waals surface area contributed by atoms with Crippen molar-refractivity contribution in [3.05, 3.63) is 17.5 Å². The number of carbonyl (C=O) groups is 4. The second-order valence-electron chi connectivity index (χ2n) is 8.85. The first-order valence-electron chi connectivity index (χ1n) is 11.0. The van der Waals surface area contributed by atoms with E-state index < -0.39 is 41.4 Å². The molecule has 1 aromatic heterocycles. The van der Waals surface area contributed by atoms with Crippen molar-refractivity contribution in [1.82, 2.24) is 21.1 Å². The smallest absolute Gasteiger partial charge is 0.274 e. The summed E-state index contributed by atoms with van der Waals surface area (Å²) < 4.78 is 15.1. The average Bonchev–Trinajstić information content (AvgIpc) is 3.37. The number of hydrogen-bond donors (Lipinski definition) is 3. The summed E-state index contributed by atoms with van der Waals surface area (Å²) in [7, 11) is 1.36. The number of Topliss-reactive ketones (excluding diaryl/α,β-unsaturated/α-hetero) is 1. The van der Waals surface area contributed by atoms with Crippen molar-refractivity contribution in [2.24, 2.45) is 5.92 Å². The molecule has 0 spiro atoms. The Labute approximate surface area is 198 Å². The number of nitrogens with one attached hydrogen (secondary N) is 3. The van der Waals surface area contributed by atoms with Crippen LogP contribution in [0.15, 0.2) is 10.6 Å². The highest BCUT2D eigenvalue weighted by molar-refractivity contribution is 5.99. The fraction of sp³-hybridized carbons (Fsp3) is 0.609. The predicted molar refractivity (Wildman–Crippen MR) is 121 cm³/mol. The minimum Gasteiger partial charge on any atom is -0.382 e. The Balaban J connectivity index is 2.09. The molecule has 186 valence electrons. The van der Waals surface area contributed by atoms with Crippen molar-refractivity contribution in [2.45, 2.75) is 64.3 Å². The summed E-state index contributed by atoms with van der Waals surface area (Å²) in [6.07, 6.45) is 5.69. The van der Waals surface area contributed by atoms with Gasteiger partial charge in [0.15, 0.2) is 11.5 Å². The molecule has 1 fully saturated rings. The van der Waals surface area contributed by atoms with Gasteiger partial charge >= 0.3 is 0 Å². The molecule has 2 heterocycles. The molecule has 34 heavy (non-hydrogen) atoms. The number of terminal acetylenes is 1. The van der Waals surface area contributed by atoms with E-state index in [2.05, 4.69) is 27.0 Å². The highest BCUT2D eigenvalue weighted by Crippen LogP contribution is 2.29. The van der Waals surface area contributed by atoms with Gasteiger partial charge in [0.1, 0.15) is 23.4 Å². The van der Waals surface area contributed by atoms with Gasteiger partial charge in [-0.2, -0.15) is 0 Å². The molecule has 0 bridgehead atoms. The molecule has 11 nitrogen and oxygen atoms in total. The molecule has 1 aromatic rings. The Morgan fingerprint density at radius 1 is 1.18 bits per heavy atom. The van der Waals surface area contributed by atoms with Crippen LogP contribution >= 0.6 is 0 Å². The number of ketones is 1.